The number of piperidine rings is 1. The number of hydrogen-bond donors (Lipinski definition) is 1. The number of carbonyl (C=O) groups is 2. The van der Waals surface area contributed by atoms with Gasteiger partial charge in [0.15, 0.2) is 6.61 Å². The SMILES string of the molecule is CC[C@H]1C[C@@H](O)CC2(CCN(C(=O)c3ccc4c(c3)N(C)C(=O)CO4)CC2)O1. The number of aliphatic hydroxyl groups excluding tert-OH is 1. The Balaban J connectivity index is 1.45. The minimum absolute atomic E-state index is 0.0234. The number of fused-ring (bicyclic) bond motifs is 1. The van der Waals surface area contributed by atoms with Crippen LogP contribution >= 0.6 is 0 Å². The van der Waals surface area contributed by atoms with Crippen molar-refractivity contribution in [3.63, 3.8) is 0 Å². The van der Waals surface area contributed by atoms with E-state index in [-0.39, 0.29) is 36.2 Å². The third-order valence-electron chi connectivity index (χ3n) is 6.27. The zero-order chi connectivity index (χ0) is 19.9. The Morgan fingerprint density at radius 3 is 2.79 bits per heavy atom. The highest BCUT2D eigenvalue weighted by Crippen LogP contribution is 2.39. The molecule has 4 rings (SSSR count). The molecular formula is C21H28N2O5. The van der Waals surface area contributed by atoms with E-state index >= 15 is 0 Å². The van der Waals surface area contributed by atoms with Crippen LogP contribution in [0.15, 0.2) is 18.2 Å². The van der Waals surface area contributed by atoms with Crippen LogP contribution in [0.25, 0.3) is 0 Å². The van der Waals surface area contributed by atoms with E-state index in [2.05, 4.69) is 6.92 Å². The van der Waals surface area contributed by atoms with E-state index in [1.54, 1.807) is 25.2 Å². The lowest BCUT2D eigenvalue weighted by atomic mass is 9.81. The fourth-order valence-corrected chi connectivity index (χ4v) is 4.54. The first kappa shape index (κ1) is 19.2. The quantitative estimate of drug-likeness (QED) is 0.838. The normalized spacial score (nSPS) is 26.8. The lowest BCUT2D eigenvalue weighted by Gasteiger charge is -2.47. The van der Waals surface area contributed by atoms with E-state index in [1.165, 1.54) is 4.90 Å². The first-order chi connectivity index (χ1) is 13.4. The number of amides is 2. The lowest BCUT2D eigenvalue weighted by Crippen LogP contribution is -2.53. The molecule has 28 heavy (non-hydrogen) atoms. The molecule has 0 radical (unpaired) electrons. The van der Waals surface area contributed by atoms with E-state index in [9.17, 15) is 14.7 Å². The molecule has 0 bridgehead atoms. The van der Waals surface area contributed by atoms with Gasteiger partial charge in [0, 0.05) is 32.1 Å². The highest BCUT2D eigenvalue weighted by Gasteiger charge is 2.43. The molecule has 2 saturated heterocycles. The van der Waals surface area contributed by atoms with Gasteiger partial charge in [-0.15, -0.1) is 0 Å². The number of benzene rings is 1. The van der Waals surface area contributed by atoms with Gasteiger partial charge in [-0.05, 0) is 43.9 Å². The van der Waals surface area contributed by atoms with Crippen LogP contribution in [0.5, 0.6) is 5.75 Å². The topological polar surface area (TPSA) is 79.3 Å². The van der Waals surface area contributed by atoms with Crippen molar-refractivity contribution in [3.05, 3.63) is 23.8 Å². The molecule has 0 aromatic heterocycles. The molecule has 0 saturated carbocycles. The van der Waals surface area contributed by atoms with Gasteiger partial charge in [-0.1, -0.05) is 6.92 Å². The Labute approximate surface area is 165 Å². The molecular weight excluding hydrogens is 360 g/mol. The van der Waals surface area contributed by atoms with Crippen molar-refractivity contribution >= 4 is 17.5 Å². The second-order valence-electron chi connectivity index (χ2n) is 8.14. The van der Waals surface area contributed by atoms with Crippen LogP contribution in [-0.2, 0) is 9.53 Å². The third-order valence-corrected chi connectivity index (χ3v) is 6.27. The maximum atomic E-state index is 13.0. The standard InChI is InChI=1S/C21H28N2O5/c1-3-16-11-15(24)12-21(28-16)6-8-23(9-7-21)20(26)14-4-5-18-17(10-14)22(2)19(25)13-27-18/h4-5,10,15-16,24H,3,6-9,11-13H2,1-2H3/t15-,16+/m1/s1. The minimum atomic E-state index is -0.324. The summed E-state index contributed by atoms with van der Waals surface area (Å²) in [7, 11) is 1.69. The predicted octanol–water partition coefficient (Wildman–Crippen LogP) is 1.97. The molecule has 2 amide bonds. The number of carbonyl (C=O) groups excluding carboxylic acids is 2. The van der Waals surface area contributed by atoms with Gasteiger partial charge >= 0.3 is 0 Å². The average Bonchev–Trinajstić information content (AvgIpc) is 2.70. The molecule has 7 nitrogen and oxygen atoms in total. The van der Waals surface area contributed by atoms with Crippen LogP contribution in [-0.4, -0.2) is 66.4 Å². The van der Waals surface area contributed by atoms with Gasteiger partial charge in [0.1, 0.15) is 5.75 Å². The van der Waals surface area contributed by atoms with Crippen LogP contribution in [0.3, 0.4) is 0 Å². The summed E-state index contributed by atoms with van der Waals surface area (Å²) in [5, 5.41) is 10.2. The molecule has 2 atom stereocenters. The lowest BCUT2D eigenvalue weighted by molar-refractivity contribution is -0.179. The van der Waals surface area contributed by atoms with E-state index in [0.717, 1.165) is 19.3 Å². The summed E-state index contributed by atoms with van der Waals surface area (Å²) in [5.74, 6) is 0.439. The van der Waals surface area contributed by atoms with Crippen LogP contribution in [0, 0.1) is 0 Å². The smallest absolute Gasteiger partial charge is 0.264 e. The number of likely N-dealkylation sites (tertiary alicyclic amines) is 1. The molecule has 0 aliphatic carbocycles. The fraction of sp³-hybridized carbons (Fsp3) is 0.619. The maximum absolute atomic E-state index is 13.0. The average molecular weight is 388 g/mol. The molecule has 1 spiro atoms. The van der Waals surface area contributed by atoms with Gasteiger partial charge in [0.2, 0.25) is 0 Å². The number of hydrogen-bond acceptors (Lipinski definition) is 5. The summed E-state index contributed by atoms with van der Waals surface area (Å²) >= 11 is 0. The first-order valence-electron chi connectivity index (χ1n) is 10.1. The van der Waals surface area contributed by atoms with Crippen molar-refractivity contribution in [2.45, 2.75) is 56.8 Å². The van der Waals surface area contributed by atoms with Crippen molar-refractivity contribution in [2.75, 3.05) is 31.6 Å². The highest BCUT2D eigenvalue weighted by molar-refractivity contribution is 6.01. The Hall–Kier alpha value is -2.12. The van der Waals surface area contributed by atoms with E-state index in [1.807, 2.05) is 4.90 Å². The molecule has 3 aliphatic heterocycles. The second kappa shape index (κ2) is 7.37. The number of nitrogens with zero attached hydrogens (tertiary/aromatic N) is 2. The predicted molar refractivity (Wildman–Crippen MR) is 104 cm³/mol. The Bertz CT molecular complexity index is 772. The molecule has 1 N–H and O–H groups in total. The highest BCUT2D eigenvalue weighted by atomic mass is 16.5. The van der Waals surface area contributed by atoms with Gasteiger partial charge in [0.25, 0.3) is 11.8 Å². The van der Waals surface area contributed by atoms with Crippen LogP contribution in [0.1, 0.15) is 49.4 Å². The van der Waals surface area contributed by atoms with Crippen molar-refractivity contribution in [2.24, 2.45) is 0 Å². The number of ether oxygens (including phenoxy) is 2. The summed E-state index contributed by atoms with van der Waals surface area (Å²) < 4.78 is 11.7. The van der Waals surface area contributed by atoms with Crippen molar-refractivity contribution in [1.29, 1.82) is 0 Å². The summed E-state index contributed by atoms with van der Waals surface area (Å²) in [6.07, 6.45) is 3.48. The molecule has 0 unspecified atom stereocenters. The molecule has 3 aliphatic rings. The maximum Gasteiger partial charge on any atom is 0.264 e. The van der Waals surface area contributed by atoms with E-state index < -0.39 is 0 Å². The molecule has 2 fully saturated rings. The largest absolute Gasteiger partial charge is 0.482 e. The summed E-state index contributed by atoms with van der Waals surface area (Å²) in [6.45, 7) is 3.31. The molecule has 1 aromatic rings. The monoisotopic (exact) mass is 388 g/mol. The molecule has 3 heterocycles. The van der Waals surface area contributed by atoms with Crippen LogP contribution in [0.2, 0.25) is 0 Å². The Morgan fingerprint density at radius 1 is 1.32 bits per heavy atom. The Kier molecular flexibility index (Phi) is 5.05. The van der Waals surface area contributed by atoms with E-state index in [4.69, 9.17) is 9.47 Å². The van der Waals surface area contributed by atoms with Gasteiger partial charge in [-0.2, -0.15) is 0 Å². The molecule has 7 heteroatoms. The fourth-order valence-electron chi connectivity index (χ4n) is 4.54. The van der Waals surface area contributed by atoms with E-state index in [0.29, 0.717) is 42.9 Å². The molecule has 152 valence electrons. The molecule has 1 aromatic carbocycles. The summed E-state index contributed by atoms with van der Waals surface area (Å²) in [4.78, 5) is 28.2. The third kappa shape index (κ3) is 3.49. The number of anilines is 1. The van der Waals surface area contributed by atoms with Crippen LogP contribution < -0.4 is 9.64 Å². The first-order valence-corrected chi connectivity index (χ1v) is 10.1. The van der Waals surface area contributed by atoms with Gasteiger partial charge in [0.05, 0.1) is 23.5 Å². The summed E-state index contributed by atoms with van der Waals surface area (Å²) in [6, 6.07) is 5.24. The number of aliphatic hydroxyl groups is 1. The van der Waals surface area contributed by atoms with Crippen molar-refractivity contribution in [3.8, 4) is 5.75 Å². The van der Waals surface area contributed by atoms with Gasteiger partial charge in [-0.3, -0.25) is 9.59 Å². The summed E-state index contributed by atoms with van der Waals surface area (Å²) in [5.41, 5.74) is 0.863. The zero-order valence-electron chi connectivity index (χ0n) is 16.5. The van der Waals surface area contributed by atoms with Gasteiger partial charge < -0.3 is 24.4 Å². The van der Waals surface area contributed by atoms with Crippen LogP contribution in [0.4, 0.5) is 5.69 Å². The van der Waals surface area contributed by atoms with Gasteiger partial charge in [-0.25, -0.2) is 0 Å². The number of likely N-dealkylation sites (N-methyl/N-ethyl adjacent to an activating group) is 1. The second-order valence-corrected chi connectivity index (χ2v) is 8.14. The zero-order valence-corrected chi connectivity index (χ0v) is 16.5. The van der Waals surface area contributed by atoms with Crippen molar-refractivity contribution < 1.29 is 24.2 Å². The minimum Gasteiger partial charge on any atom is -0.482 e. The number of rotatable bonds is 2. The Morgan fingerprint density at radius 2 is 2.07 bits per heavy atom. The van der Waals surface area contributed by atoms with Crippen molar-refractivity contribution in [1.82, 2.24) is 4.90 Å².